The molecule has 58 heavy (non-hydrogen) atoms. The number of pyridine rings is 2. The van der Waals surface area contributed by atoms with Crippen molar-refractivity contribution in [1.82, 2.24) is 30.3 Å². The summed E-state index contributed by atoms with van der Waals surface area (Å²) in [7, 11) is 2.77. The highest BCUT2D eigenvalue weighted by atomic mass is 19.4. The van der Waals surface area contributed by atoms with E-state index in [0.717, 1.165) is 0 Å². The predicted molar refractivity (Wildman–Crippen MR) is 211 cm³/mol. The van der Waals surface area contributed by atoms with E-state index in [-0.39, 0.29) is 26.0 Å². The molecule has 1 aliphatic heterocycles. The molecule has 1 fully saturated rings. The number of hydrazine groups is 1. The smallest absolute Gasteiger partial charge is 0.408 e. The van der Waals surface area contributed by atoms with Gasteiger partial charge in [0.05, 0.1) is 30.3 Å². The van der Waals surface area contributed by atoms with Crippen molar-refractivity contribution in [2.24, 2.45) is 5.41 Å². The molecule has 0 radical (unpaired) electrons. The van der Waals surface area contributed by atoms with Crippen LogP contribution in [0, 0.1) is 5.41 Å². The average molecular weight is 811 g/mol. The van der Waals surface area contributed by atoms with Gasteiger partial charge in [-0.25, -0.2) is 10.2 Å². The third kappa shape index (κ3) is 10.7. The first-order valence-electron chi connectivity index (χ1n) is 19.2. The van der Waals surface area contributed by atoms with Gasteiger partial charge in [-0.2, -0.15) is 13.2 Å². The molecule has 3 aromatic heterocycles. The number of carbonyl (C=O) groups excluding carboxylic acids is 3. The van der Waals surface area contributed by atoms with E-state index in [4.69, 9.17) is 19.2 Å². The topological polar surface area (TPSA) is 157 Å². The van der Waals surface area contributed by atoms with Crippen LogP contribution >= 0.6 is 0 Å². The summed E-state index contributed by atoms with van der Waals surface area (Å²) in [5.41, 5.74) is 5.06. The number of amides is 2. The average Bonchev–Trinajstić information content (AvgIpc) is 3.45. The summed E-state index contributed by atoms with van der Waals surface area (Å²) in [6.45, 7) is 9.36. The lowest BCUT2D eigenvalue weighted by atomic mass is 9.84. The van der Waals surface area contributed by atoms with E-state index >= 15 is 0 Å². The quantitative estimate of drug-likeness (QED) is 0.124. The molecule has 2 unspecified atom stereocenters. The van der Waals surface area contributed by atoms with Gasteiger partial charge in [0.25, 0.3) is 5.91 Å². The van der Waals surface area contributed by atoms with Crippen LogP contribution in [0.25, 0.3) is 33.4 Å². The number of alkyl carbamates (subject to hydrolysis) is 1. The molecule has 2 amide bonds. The number of fused-ring (bicyclic) bond motifs is 1. The Bertz CT molecular complexity index is 2110. The molecule has 0 bridgehead atoms. The highest BCUT2D eigenvalue weighted by Gasteiger charge is 2.36. The molecule has 5 rings (SSSR count). The van der Waals surface area contributed by atoms with Crippen molar-refractivity contribution in [3.8, 4) is 22.5 Å². The maximum absolute atomic E-state index is 14.4. The standard InChI is InChI=1S/C42H53F3N6O7/c1-25(56-7)35-28(13-10-18-46-35)36-30(22-41(5,6)24-52)29-20-26(16-17-34(29)50(36)23-42(43,44)45)31-14-9-12-27(47-31)21-33(48-39(55)58-40(2,3)4)37(53)51-19-11-15-32(49-51)38(54)57-8/h9-10,12-14,16-18,20,25,32-33,49,52H,11,15,19,21-24H2,1-8H3,(H,48,55)/t25-,32?,33?/m0/s1. The predicted octanol–water partition coefficient (Wildman–Crippen LogP) is 6.70. The fourth-order valence-corrected chi connectivity index (χ4v) is 7.06. The zero-order valence-electron chi connectivity index (χ0n) is 34.2. The largest absolute Gasteiger partial charge is 0.468 e. The lowest BCUT2D eigenvalue weighted by Gasteiger charge is -2.35. The van der Waals surface area contributed by atoms with E-state index in [1.165, 1.54) is 23.8 Å². The number of nitrogens with one attached hydrogen (secondary N) is 2. The number of ether oxygens (including phenoxy) is 3. The minimum absolute atomic E-state index is 0.0568. The van der Waals surface area contributed by atoms with Crippen molar-refractivity contribution >= 4 is 28.9 Å². The van der Waals surface area contributed by atoms with Crippen LogP contribution in [0.1, 0.15) is 77.4 Å². The van der Waals surface area contributed by atoms with Crippen LogP contribution < -0.4 is 10.7 Å². The van der Waals surface area contributed by atoms with Crippen molar-refractivity contribution < 1.29 is 46.9 Å². The summed E-state index contributed by atoms with van der Waals surface area (Å²) in [6.07, 6.45) is -3.19. The molecular weight excluding hydrogens is 757 g/mol. The zero-order valence-corrected chi connectivity index (χ0v) is 34.2. The third-order valence-corrected chi connectivity index (χ3v) is 9.86. The minimum Gasteiger partial charge on any atom is -0.468 e. The molecule has 0 saturated carbocycles. The number of hydrogen-bond donors (Lipinski definition) is 3. The second-order valence-electron chi connectivity index (χ2n) is 16.3. The summed E-state index contributed by atoms with van der Waals surface area (Å²) < 4.78 is 60.4. The monoisotopic (exact) mass is 810 g/mol. The molecule has 0 spiro atoms. The van der Waals surface area contributed by atoms with Crippen molar-refractivity contribution in [2.45, 2.75) is 104 Å². The molecule has 314 valence electrons. The number of benzene rings is 1. The van der Waals surface area contributed by atoms with Crippen molar-refractivity contribution in [2.75, 3.05) is 27.4 Å². The van der Waals surface area contributed by atoms with Gasteiger partial charge in [0.2, 0.25) is 0 Å². The summed E-state index contributed by atoms with van der Waals surface area (Å²) >= 11 is 0. The van der Waals surface area contributed by atoms with E-state index in [2.05, 4.69) is 15.7 Å². The highest BCUT2D eigenvalue weighted by Crippen LogP contribution is 2.42. The van der Waals surface area contributed by atoms with E-state index in [1.54, 1.807) is 82.4 Å². The normalized spacial score (nSPS) is 16.2. The Morgan fingerprint density at radius 1 is 1.05 bits per heavy atom. The molecular formula is C42H53F3N6O7. The van der Waals surface area contributed by atoms with E-state index in [0.29, 0.717) is 63.2 Å². The SMILES string of the molecule is COC(=O)C1CCCN(C(=O)C(Cc2cccc(-c3ccc4c(c3)c(CC(C)(C)CO)c(-c3cccnc3[C@H](C)OC)n4CC(F)(F)F)n2)NC(=O)OC(C)(C)C)N1. The van der Waals surface area contributed by atoms with Gasteiger partial charge in [-0.3, -0.25) is 24.6 Å². The Kier molecular flexibility index (Phi) is 13.5. The maximum atomic E-state index is 14.4. The van der Waals surface area contributed by atoms with E-state index < -0.39 is 59.9 Å². The van der Waals surface area contributed by atoms with Crippen LogP contribution in [0.3, 0.4) is 0 Å². The fraction of sp³-hybridized carbons (Fsp3) is 0.500. The van der Waals surface area contributed by atoms with Crippen molar-refractivity contribution in [1.29, 1.82) is 0 Å². The van der Waals surface area contributed by atoms with Gasteiger partial charge in [0, 0.05) is 60.6 Å². The number of aromatic nitrogens is 3. The lowest BCUT2D eigenvalue weighted by molar-refractivity contribution is -0.150. The number of rotatable bonds is 13. The molecule has 0 aliphatic carbocycles. The van der Waals surface area contributed by atoms with Crippen LogP contribution in [0.15, 0.2) is 54.7 Å². The first-order chi connectivity index (χ1) is 27.2. The Morgan fingerprint density at radius 2 is 1.79 bits per heavy atom. The Labute approximate surface area is 336 Å². The number of aliphatic hydroxyl groups is 1. The Morgan fingerprint density at radius 3 is 2.45 bits per heavy atom. The molecule has 1 aliphatic rings. The number of aliphatic hydroxyl groups excluding tert-OH is 1. The van der Waals surface area contributed by atoms with Gasteiger partial charge in [-0.15, -0.1) is 0 Å². The fourth-order valence-electron chi connectivity index (χ4n) is 7.06. The molecule has 13 nitrogen and oxygen atoms in total. The molecule has 3 atom stereocenters. The van der Waals surface area contributed by atoms with Crippen molar-refractivity contribution in [3.05, 3.63) is 71.7 Å². The summed E-state index contributed by atoms with van der Waals surface area (Å²) in [5, 5.41) is 14.9. The first kappa shape index (κ1) is 44.1. The number of nitrogens with zero attached hydrogens (tertiary/aromatic N) is 4. The first-order valence-corrected chi connectivity index (χ1v) is 19.2. The Hall–Kier alpha value is -5.06. The van der Waals surface area contributed by atoms with E-state index in [1.807, 2.05) is 13.8 Å². The van der Waals surface area contributed by atoms with Crippen molar-refractivity contribution in [3.63, 3.8) is 0 Å². The van der Waals surface area contributed by atoms with E-state index in [9.17, 15) is 32.7 Å². The molecule has 16 heteroatoms. The molecule has 4 aromatic rings. The summed E-state index contributed by atoms with van der Waals surface area (Å²) in [4.78, 5) is 48.7. The Balaban J connectivity index is 1.61. The van der Waals surface area contributed by atoms with Crippen LogP contribution in [0.5, 0.6) is 0 Å². The molecule has 4 heterocycles. The maximum Gasteiger partial charge on any atom is 0.408 e. The second kappa shape index (κ2) is 17.8. The number of esters is 1. The summed E-state index contributed by atoms with van der Waals surface area (Å²) in [5.74, 6) is -1.03. The number of halogens is 3. The van der Waals surface area contributed by atoms with Gasteiger partial charge in [0.15, 0.2) is 0 Å². The van der Waals surface area contributed by atoms with Gasteiger partial charge in [-0.05, 0) is 94.3 Å². The van der Waals surface area contributed by atoms with Gasteiger partial charge < -0.3 is 29.2 Å². The highest BCUT2D eigenvalue weighted by molar-refractivity contribution is 5.95. The lowest BCUT2D eigenvalue weighted by Crippen LogP contribution is -2.60. The third-order valence-electron chi connectivity index (χ3n) is 9.86. The second-order valence-corrected chi connectivity index (χ2v) is 16.3. The zero-order chi connectivity index (χ0) is 42.6. The van der Waals surface area contributed by atoms with Crippen LogP contribution in [-0.4, -0.2) is 93.9 Å². The number of carbonyl (C=O) groups is 3. The molecule has 1 saturated heterocycles. The van der Waals surface area contributed by atoms with Crippen LogP contribution in [0.2, 0.25) is 0 Å². The van der Waals surface area contributed by atoms with Gasteiger partial charge >= 0.3 is 18.2 Å². The number of hydrogen-bond acceptors (Lipinski definition) is 10. The van der Waals surface area contributed by atoms with Crippen LogP contribution in [0.4, 0.5) is 18.0 Å². The number of methoxy groups -OCH3 is 2. The molecule has 1 aromatic carbocycles. The summed E-state index contributed by atoms with van der Waals surface area (Å²) in [6, 6.07) is 11.8. The van der Waals surface area contributed by atoms with Crippen LogP contribution in [-0.2, 0) is 43.2 Å². The molecule has 3 N–H and O–H groups in total. The minimum atomic E-state index is -4.57. The number of alkyl halides is 3. The van der Waals surface area contributed by atoms with Gasteiger partial charge in [-0.1, -0.05) is 26.0 Å². The van der Waals surface area contributed by atoms with Gasteiger partial charge in [0.1, 0.15) is 24.2 Å².